The summed E-state index contributed by atoms with van der Waals surface area (Å²) in [5.74, 6) is 0. The van der Waals surface area contributed by atoms with Crippen LogP contribution >= 0.6 is 15.9 Å². The van der Waals surface area contributed by atoms with Crippen molar-refractivity contribution < 1.29 is 8.42 Å². The van der Waals surface area contributed by atoms with E-state index in [1.54, 1.807) is 18.2 Å². The van der Waals surface area contributed by atoms with Crippen molar-refractivity contribution in [2.24, 2.45) is 0 Å². The van der Waals surface area contributed by atoms with Crippen LogP contribution in [0.4, 0.5) is 0 Å². The summed E-state index contributed by atoms with van der Waals surface area (Å²) in [5.41, 5.74) is 1.02. The van der Waals surface area contributed by atoms with Crippen LogP contribution < -0.4 is 10.0 Å². The van der Waals surface area contributed by atoms with Crippen LogP contribution in [0.5, 0.6) is 0 Å². The zero-order valence-corrected chi connectivity index (χ0v) is 12.6. The lowest BCUT2D eigenvalue weighted by Crippen LogP contribution is -2.45. The highest BCUT2D eigenvalue weighted by atomic mass is 79.9. The maximum atomic E-state index is 12.2. The molecule has 1 aromatic rings. The van der Waals surface area contributed by atoms with Gasteiger partial charge in [-0.3, -0.25) is 0 Å². The summed E-state index contributed by atoms with van der Waals surface area (Å²) >= 11 is 3.36. The zero-order chi connectivity index (χ0) is 13.2. The number of hydrogen-bond acceptors (Lipinski definition) is 3. The third kappa shape index (κ3) is 3.32. The van der Waals surface area contributed by atoms with Crippen molar-refractivity contribution in [2.45, 2.75) is 30.7 Å². The Balaban J connectivity index is 2.16. The second-order valence-electron chi connectivity index (χ2n) is 4.58. The van der Waals surface area contributed by atoms with Gasteiger partial charge in [0.15, 0.2) is 0 Å². The van der Waals surface area contributed by atoms with Gasteiger partial charge in [-0.05, 0) is 44.0 Å². The van der Waals surface area contributed by atoms with Gasteiger partial charge < -0.3 is 5.32 Å². The van der Waals surface area contributed by atoms with Crippen molar-refractivity contribution >= 4 is 26.0 Å². The van der Waals surface area contributed by atoms with Crippen LogP contribution in [0.25, 0.3) is 0 Å². The largest absolute Gasteiger partial charge is 0.315 e. The van der Waals surface area contributed by atoms with E-state index in [0.29, 0.717) is 11.4 Å². The van der Waals surface area contributed by atoms with Crippen LogP contribution in [0.15, 0.2) is 27.6 Å². The summed E-state index contributed by atoms with van der Waals surface area (Å²) in [5, 5.41) is 3.19. The second-order valence-corrected chi connectivity index (χ2v) is 7.14. The number of halogens is 1. The molecule has 0 spiro atoms. The first-order valence-corrected chi connectivity index (χ1v) is 8.26. The molecule has 1 aliphatic rings. The minimum atomic E-state index is -3.42. The van der Waals surface area contributed by atoms with E-state index < -0.39 is 10.0 Å². The molecule has 0 bridgehead atoms. The van der Waals surface area contributed by atoms with E-state index in [-0.39, 0.29) is 6.04 Å². The first kappa shape index (κ1) is 14.0. The van der Waals surface area contributed by atoms with E-state index in [1.807, 2.05) is 6.92 Å². The Morgan fingerprint density at radius 1 is 1.44 bits per heavy atom. The number of sulfonamides is 1. The predicted octanol–water partition coefficient (Wildman–Crippen LogP) is 1.79. The van der Waals surface area contributed by atoms with E-state index in [2.05, 4.69) is 26.0 Å². The van der Waals surface area contributed by atoms with E-state index in [4.69, 9.17) is 0 Å². The molecule has 0 radical (unpaired) electrons. The highest BCUT2D eigenvalue weighted by molar-refractivity contribution is 9.10. The van der Waals surface area contributed by atoms with E-state index in [1.165, 1.54) is 0 Å². The lowest BCUT2D eigenvalue weighted by atomic mass is 10.1. The van der Waals surface area contributed by atoms with Gasteiger partial charge in [0.2, 0.25) is 10.0 Å². The average molecular weight is 333 g/mol. The Morgan fingerprint density at radius 2 is 2.22 bits per heavy atom. The summed E-state index contributed by atoms with van der Waals surface area (Å²) in [6, 6.07) is 5.08. The highest BCUT2D eigenvalue weighted by Gasteiger charge is 2.21. The third-order valence-electron chi connectivity index (χ3n) is 3.07. The summed E-state index contributed by atoms with van der Waals surface area (Å²) in [6.45, 7) is 3.60. The molecule has 1 aromatic carbocycles. The second kappa shape index (κ2) is 5.69. The van der Waals surface area contributed by atoms with Gasteiger partial charge in [0.05, 0.1) is 4.90 Å². The Bertz CT molecular complexity index is 525. The fourth-order valence-electron chi connectivity index (χ4n) is 1.98. The smallest absolute Gasteiger partial charge is 0.240 e. The number of piperidine rings is 1. The third-order valence-corrected chi connectivity index (χ3v) is 5.44. The van der Waals surface area contributed by atoms with E-state index in [9.17, 15) is 8.42 Å². The van der Waals surface area contributed by atoms with Crippen LogP contribution in [0, 0.1) is 6.92 Å². The van der Waals surface area contributed by atoms with Gasteiger partial charge >= 0.3 is 0 Å². The highest BCUT2D eigenvalue weighted by Crippen LogP contribution is 2.21. The molecule has 1 saturated heterocycles. The lowest BCUT2D eigenvalue weighted by molar-refractivity contribution is 0.428. The standard InChI is InChI=1S/C12H17BrN2O2S/c1-9-4-5-11(7-12(9)13)18(16,17)15-10-3-2-6-14-8-10/h4-5,7,10,14-15H,2-3,6,8H2,1H3. The van der Waals surface area contributed by atoms with E-state index >= 15 is 0 Å². The lowest BCUT2D eigenvalue weighted by Gasteiger charge is -2.23. The molecular weight excluding hydrogens is 316 g/mol. The summed E-state index contributed by atoms with van der Waals surface area (Å²) < 4.78 is 28.0. The average Bonchev–Trinajstić information content (AvgIpc) is 2.33. The zero-order valence-electron chi connectivity index (χ0n) is 10.2. The van der Waals surface area contributed by atoms with Gasteiger partial charge in [-0.2, -0.15) is 0 Å². The summed E-state index contributed by atoms with van der Waals surface area (Å²) in [4.78, 5) is 0.311. The molecule has 0 aliphatic carbocycles. The molecule has 6 heteroatoms. The Labute approximate surface area is 116 Å². The van der Waals surface area contributed by atoms with Gasteiger partial charge in [-0.25, -0.2) is 13.1 Å². The van der Waals surface area contributed by atoms with Gasteiger partial charge in [0.1, 0.15) is 0 Å². The molecule has 2 N–H and O–H groups in total. The predicted molar refractivity (Wildman–Crippen MR) is 75.1 cm³/mol. The minimum Gasteiger partial charge on any atom is -0.315 e. The molecule has 1 atom stereocenters. The minimum absolute atomic E-state index is 0.0103. The molecule has 4 nitrogen and oxygen atoms in total. The molecule has 100 valence electrons. The van der Waals surface area contributed by atoms with Crippen molar-refractivity contribution in [2.75, 3.05) is 13.1 Å². The molecule has 1 aliphatic heterocycles. The number of hydrogen-bond donors (Lipinski definition) is 2. The molecule has 1 heterocycles. The SMILES string of the molecule is Cc1ccc(S(=O)(=O)NC2CCCNC2)cc1Br. The maximum absolute atomic E-state index is 12.2. The van der Waals surface area contributed by atoms with Crippen LogP contribution in [0.2, 0.25) is 0 Å². The molecular formula is C12H17BrN2O2S. The molecule has 18 heavy (non-hydrogen) atoms. The van der Waals surface area contributed by atoms with Crippen LogP contribution in [0.1, 0.15) is 18.4 Å². The monoisotopic (exact) mass is 332 g/mol. The summed E-state index contributed by atoms with van der Waals surface area (Å²) in [7, 11) is -3.42. The first-order chi connectivity index (χ1) is 8.49. The van der Waals surface area contributed by atoms with Crippen molar-refractivity contribution in [1.29, 1.82) is 0 Å². The van der Waals surface area contributed by atoms with Crippen molar-refractivity contribution in [3.05, 3.63) is 28.2 Å². The van der Waals surface area contributed by atoms with Crippen LogP contribution in [-0.2, 0) is 10.0 Å². The number of aryl methyl sites for hydroxylation is 1. The van der Waals surface area contributed by atoms with Crippen molar-refractivity contribution in [3.8, 4) is 0 Å². The molecule has 0 saturated carbocycles. The Kier molecular flexibility index (Phi) is 4.42. The van der Waals surface area contributed by atoms with Crippen LogP contribution in [-0.4, -0.2) is 27.5 Å². The number of rotatable bonds is 3. The van der Waals surface area contributed by atoms with Gasteiger partial charge in [0.25, 0.3) is 0 Å². The Morgan fingerprint density at radius 3 is 2.83 bits per heavy atom. The molecule has 1 unspecified atom stereocenters. The molecule has 1 fully saturated rings. The van der Waals surface area contributed by atoms with Crippen molar-refractivity contribution in [1.82, 2.24) is 10.0 Å². The van der Waals surface area contributed by atoms with Gasteiger partial charge in [-0.15, -0.1) is 0 Å². The van der Waals surface area contributed by atoms with E-state index in [0.717, 1.165) is 29.4 Å². The number of benzene rings is 1. The van der Waals surface area contributed by atoms with Gasteiger partial charge in [-0.1, -0.05) is 22.0 Å². The fourth-order valence-corrected chi connectivity index (χ4v) is 3.81. The molecule has 2 rings (SSSR count). The molecule has 0 aromatic heterocycles. The topological polar surface area (TPSA) is 58.2 Å². The first-order valence-electron chi connectivity index (χ1n) is 5.98. The normalized spacial score (nSPS) is 20.9. The number of nitrogens with one attached hydrogen (secondary N) is 2. The van der Waals surface area contributed by atoms with Crippen LogP contribution in [0.3, 0.4) is 0 Å². The quantitative estimate of drug-likeness (QED) is 0.887. The molecule has 0 amide bonds. The maximum Gasteiger partial charge on any atom is 0.240 e. The fraction of sp³-hybridized carbons (Fsp3) is 0.500. The van der Waals surface area contributed by atoms with Gasteiger partial charge in [0, 0.05) is 17.1 Å². The summed E-state index contributed by atoms with van der Waals surface area (Å²) in [6.07, 6.45) is 1.89. The van der Waals surface area contributed by atoms with Crippen molar-refractivity contribution in [3.63, 3.8) is 0 Å². The Hall–Kier alpha value is -0.430.